The summed E-state index contributed by atoms with van der Waals surface area (Å²) in [6, 6.07) is 0. The van der Waals surface area contributed by atoms with E-state index >= 15 is 0 Å². The standard InChI is InChI=1S/C56H104N24O32.8ClH/c57-49(58)73-1-9-33-17(81)25(89)41(97-9)106-34-10(2-74-50(59)60)99-43(27(91)19(34)83)108-36-12(4-76-52(63)64)101-45(29(93)21(36)85)110-38-14(6-78-54(67)68)103-47(31(95)23(38)87)112-40-16(8-80-56(71)72)104-48(32(96)24(40)88)111-39-15(7-79-55(69)70)102-46(30(94)22(39)86)109-37-13(5-77-53(65)66)100-44(28(92)20(37)84)107-35-11(3-75-51(61)62)98-42(105-33)26(90)18(35)82;;;;;;;;/h9-48,81-96H,1-8H2,(H4,57,58,73)(H4,59,60,74)(H4,61,62,75)(H4,63,64,76)(H4,65,66,77)(H4,67,68,78)(H4,69,70,79)(H4,71,72,80);8*1H/t9-,10-,11-,12-,13-,14-,15-,16-,17-,18-,19-,20-,21-,22-,23-,24-,25-,26-,27-,28-,29+,30+,31+,32-,33-,34-,35-,36-,37-,38-,39-,40-,41-,42-,43-,44-,45-,46-,47-,48-;;;;;;;;/m1......../s1. The lowest BCUT2D eigenvalue weighted by atomic mass is 9.94. The summed E-state index contributed by atoms with van der Waals surface area (Å²) >= 11 is 0. The Morgan fingerprint density at radius 3 is 0.308 bits per heavy atom. The molecule has 16 bridgehead atoms. The van der Waals surface area contributed by atoms with Crippen molar-refractivity contribution in [1.82, 2.24) is 0 Å². The van der Waals surface area contributed by atoms with Crippen LogP contribution in [0, 0.1) is 0 Å². The second-order valence-electron chi connectivity index (χ2n) is 27.1. The van der Waals surface area contributed by atoms with Gasteiger partial charge in [0.1, 0.15) is 195 Å². The Balaban J connectivity index is 0.00000900. The van der Waals surface area contributed by atoms with Crippen molar-refractivity contribution in [2.24, 2.45) is 132 Å². The molecule has 30 aliphatic heterocycles. The molecular weight excluding hydrogens is 1800 g/mol. The topological polar surface area (TPSA) is 987 Å². The highest BCUT2D eigenvalue weighted by atomic mass is 35.5. The Morgan fingerprint density at radius 2 is 0.233 bits per heavy atom. The number of ether oxygens (including phenoxy) is 16. The molecule has 0 aromatic carbocycles. The second kappa shape index (κ2) is 49.9. The van der Waals surface area contributed by atoms with Crippen molar-refractivity contribution in [2.45, 2.75) is 246 Å². The number of halogens is 8. The average Bonchev–Trinajstić information content (AvgIpc) is 0.771. The van der Waals surface area contributed by atoms with E-state index in [4.69, 9.17) is 168 Å². The fraction of sp³-hybridized carbons (Fsp3) is 0.857. The molecule has 48 N–H and O–H groups in total. The van der Waals surface area contributed by atoms with Gasteiger partial charge < -0.3 is 249 Å². The van der Waals surface area contributed by atoms with Crippen LogP contribution in [0.25, 0.3) is 0 Å². The zero-order chi connectivity index (χ0) is 82.3. The summed E-state index contributed by atoms with van der Waals surface area (Å²) in [5.41, 5.74) is 91.3. The molecule has 0 unspecified atom stereocenters. The monoisotopic (exact) mass is 1910 g/mol. The van der Waals surface area contributed by atoms with Crippen LogP contribution in [0.1, 0.15) is 0 Å². The Hall–Kier alpha value is -4.80. The molecule has 64 heteroatoms. The third kappa shape index (κ3) is 27.6. The van der Waals surface area contributed by atoms with E-state index < -0.39 is 346 Å². The van der Waals surface area contributed by atoms with Gasteiger partial charge in [-0.15, -0.1) is 99.3 Å². The lowest BCUT2D eigenvalue weighted by molar-refractivity contribution is -0.398. The minimum Gasteiger partial charge on any atom is -0.387 e. The highest BCUT2D eigenvalue weighted by Gasteiger charge is 2.61. The zero-order valence-electron chi connectivity index (χ0n) is 62.5. The molecule has 30 rings (SSSR count). The van der Waals surface area contributed by atoms with Crippen molar-refractivity contribution in [1.29, 1.82) is 0 Å². The molecule has 704 valence electrons. The van der Waals surface area contributed by atoms with Gasteiger partial charge in [0.05, 0.1) is 52.4 Å². The lowest BCUT2D eigenvalue weighted by Crippen LogP contribution is -2.69. The number of hydrogen-bond acceptors (Lipinski definition) is 40. The first-order chi connectivity index (χ1) is 52.7. The van der Waals surface area contributed by atoms with E-state index in [9.17, 15) is 81.7 Å². The zero-order valence-corrected chi connectivity index (χ0v) is 69.1. The SMILES string of the molecule is Cl.Cl.Cl.Cl.Cl.Cl.Cl.Cl.NC(N)=NC[C@H]1O[C@@H]2O[C@H]3[C@H](O)[C@@H](O)[C@@H](O[C@H]4[C@H](O)[C@H](O)[C@@H](O[C@H]5[C@H](O)[C@@H](O)[C@@H](O[C@H]6[C@H](O)[C@@H](O)[C@@H](O[C@H]7[C@H](O)[C@@H](O)[C@@H](O[C@H]8[C@H](O)[C@@H](O)[C@@H](O[C@H]9[C@H](O)[C@H](O)[C@@H](O[C@H]1[C@H](O)[C@@H]2O)O[C@@H]9CN=C(N)N)O[C@@H]8CN=C(N)N)O[C@@H]7CN=C(N)N)O[C@@H]6CN=C(N)N)O[C@@H]5CN=C(N)N)O[C@@H]4CN=C(N)N)O[C@@H]3CN=C(N)N. The fourth-order valence-corrected chi connectivity index (χ4v) is 13.5. The highest BCUT2D eigenvalue weighted by molar-refractivity contribution is 5.86. The molecular formula is C56H112Cl8N24O32. The van der Waals surface area contributed by atoms with Gasteiger partial charge in [0.15, 0.2) is 98.0 Å². The highest BCUT2D eigenvalue weighted by Crippen LogP contribution is 2.41. The van der Waals surface area contributed by atoms with Crippen LogP contribution in [0.5, 0.6) is 0 Å². The van der Waals surface area contributed by atoms with Crippen molar-refractivity contribution in [2.75, 3.05) is 52.4 Å². The number of nitrogens with two attached hydrogens (primary N) is 16. The third-order valence-electron chi connectivity index (χ3n) is 19.1. The third-order valence-corrected chi connectivity index (χ3v) is 19.1. The van der Waals surface area contributed by atoms with E-state index in [-0.39, 0.29) is 99.3 Å². The van der Waals surface area contributed by atoms with E-state index in [1.54, 1.807) is 0 Å². The van der Waals surface area contributed by atoms with Crippen molar-refractivity contribution in [3.63, 3.8) is 0 Å². The normalized spacial score (nSPS) is 42.4. The number of guanidine groups is 8. The van der Waals surface area contributed by atoms with Gasteiger partial charge in [0, 0.05) is 0 Å². The van der Waals surface area contributed by atoms with E-state index in [2.05, 4.69) is 39.9 Å². The Kier molecular flexibility index (Phi) is 47.1. The number of aliphatic hydroxyl groups is 16. The fourth-order valence-electron chi connectivity index (χ4n) is 13.5. The summed E-state index contributed by atoms with van der Waals surface area (Å²) < 4.78 is 97.5. The van der Waals surface area contributed by atoms with Crippen LogP contribution < -0.4 is 91.7 Å². The Bertz CT molecular complexity index is 2710. The van der Waals surface area contributed by atoms with Gasteiger partial charge in [-0.05, 0) is 0 Å². The Morgan fingerprint density at radius 1 is 0.150 bits per heavy atom. The van der Waals surface area contributed by atoms with E-state index in [0.29, 0.717) is 0 Å². The van der Waals surface area contributed by atoms with Crippen LogP contribution in [0.3, 0.4) is 0 Å². The molecule has 40 atom stereocenters. The summed E-state index contributed by atoms with van der Waals surface area (Å²) in [6.07, 6.45) is -82.9. The lowest BCUT2D eigenvalue weighted by Gasteiger charge is -2.50. The van der Waals surface area contributed by atoms with E-state index in [1.807, 2.05) is 0 Å². The number of rotatable bonds is 16. The van der Waals surface area contributed by atoms with E-state index in [0.717, 1.165) is 0 Å². The van der Waals surface area contributed by atoms with Crippen LogP contribution in [0.2, 0.25) is 0 Å². The smallest absolute Gasteiger partial charge is 0.187 e. The summed E-state index contributed by atoms with van der Waals surface area (Å²) in [6.45, 7) is -5.54. The van der Waals surface area contributed by atoms with Gasteiger partial charge in [-0.2, -0.15) is 0 Å². The van der Waals surface area contributed by atoms with Crippen molar-refractivity contribution >= 4 is 147 Å². The maximum Gasteiger partial charge on any atom is 0.187 e. The molecule has 120 heavy (non-hydrogen) atoms. The molecule has 30 aliphatic rings. The predicted octanol–water partition coefficient (Wildman–Crippen LogP) is -19.8. The number of hydrogen-bond donors (Lipinski definition) is 32. The predicted molar refractivity (Wildman–Crippen MR) is 428 cm³/mol. The number of nitrogens with zero attached hydrogens (tertiary/aromatic N) is 8. The van der Waals surface area contributed by atoms with Crippen LogP contribution in [0.4, 0.5) is 0 Å². The molecule has 30 saturated heterocycles. The first kappa shape index (κ1) is 113. The van der Waals surface area contributed by atoms with Crippen molar-refractivity contribution < 1.29 is 157 Å². The summed E-state index contributed by atoms with van der Waals surface area (Å²) in [5.74, 6) is -4.66. The maximum atomic E-state index is 12.0. The quantitative estimate of drug-likeness (QED) is 0.0504. The summed E-state index contributed by atoms with van der Waals surface area (Å²) in [4.78, 5) is 31.5. The number of aliphatic hydroxyl groups excluding tert-OH is 16. The molecule has 56 nitrogen and oxygen atoms in total. The Labute approximate surface area is 730 Å². The van der Waals surface area contributed by atoms with Gasteiger partial charge in [-0.3, -0.25) is 39.9 Å². The molecule has 0 aromatic heterocycles. The largest absolute Gasteiger partial charge is 0.387 e. The van der Waals surface area contributed by atoms with Gasteiger partial charge in [0.25, 0.3) is 0 Å². The summed E-state index contributed by atoms with van der Waals surface area (Å²) in [5, 5.41) is 191. The first-order valence-corrected chi connectivity index (χ1v) is 34.5. The van der Waals surface area contributed by atoms with Crippen LogP contribution >= 0.6 is 99.3 Å². The molecule has 0 aromatic rings. The van der Waals surface area contributed by atoms with Crippen molar-refractivity contribution in [3.8, 4) is 0 Å². The molecule has 0 radical (unpaired) electrons. The molecule has 0 saturated carbocycles. The molecule has 30 heterocycles. The summed E-state index contributed by atoms with van der Waals surface area (Å²) in [7, 11) is 0. The van der Waals surface area contributed by atoms with Crippen LogP contribution in [-0.2, 0) is 75.8 Å². The second-order valence-corrected chi connectivity index (χ2v) is 27.1. The van der Waals surface area contributed by atoms with Gasteiger partial charge >= 0.3 is 0 Å². The van der Waals surface area contributed by atoms with Gasteiger partial charge in [-0.25, -0.2) is 0 Å². The van der Waals surface area contributed by atoms with E-state index in [1.165, 1.54) is 0 Å². The molecule has 0 spiro atoms. The van der Waals surface area contributed by atoms with Gasteiger partial charge in [0.2, 0.25) is 0 Å². The maximum absolute atomic E-state index is 12.0. The minimum absolute atomic E-state index is 0. The minimum atomic E-state index is -2.30. The van der Waals surface area contributed by atoms with Crippen molar-refractivity contribution in [3.05, 3.63) is 0 Å². The van der Waals surface area contributed by atoms with Gasteiger partial charge in [-0.1, -0.05) is 0 Å². The molecule has 0 amide bonds. The molecule has 30 fully saturated rings. The average molecular weight is 1920 g/mol. The van der Waals surface area contributed by atoms with Crippen LogP contribution in [-0.4, -0.2) is 427 Å². The number of aliphatic imine (C=N–C) groups is 8. The first-order valence-electron chi connectivity index (χ1n) is 34.5. The molecule has 0 aliphatic carbocycles. The van der Waals surface area contributed by atoms with Crippen LogP contribution in [0.15, 0.2) is 39.9 Å².